The number of hydrogen-bond acceptors (Lipinski definition) is 5. The third kappa shape index (κ3) is 2.78. The van der Waals surface area contributed by atoms with Crippen LogP contribution in [0.25, 0.3) is 0 Å². The summed E-state index contributed by atoms with van der Waals surface area (Å²) in [5.74, 6) is -0.310. The normalized spacial score (nSPS) is 11.5. The number of carbonyl (C=O) groups is 1. The van der Waals surface area contributed by atoms with Crippen LogP contribution in [0.2, 0.25) is 0 Å². The minimum absolute atomic E-state index is 0.288. The van der Waals surface area contributed by atoms with Crippen LogP contribution in [0.15, 0.2) is 6.20 Å². The monoisotopic (exact) mass is 244 g/mol. The molecular formula is C10H16N2O3S. The van der Waals surface area contributed by atoms with Gasteiger partial charge in [0.05, 0.1) is 30.0 Å². The molecule has 0 atom stereocenters. The molecule has 0 aromatic carbocycles. The van der Waals surface area contributed by atoms with Crippen LogP contribution >= 0.6 is 11.3 Å². The number of carbonyl (C=O) groups excluding carboxylic acids is 1. The van der Waals surface area contributed by atoms with Crippen molar-refractivity contribution in [1.82, 2.24) is 10.3 Å². The van der Waals surface area contributed by atoms with E-state index in [1.165, 1.54) is 17.5 Å². The summed E-state index contributed by atoms with van der Waals surface area (Å²) in [6.07, 6.45) is 1.95. The third-order valence-electron chi connectivity index (χ3n) is 2.51. The summed E-state index contributed by atoms with van der Waals surface area (Å²) in [4.78, 5) is 16.2. The smallest absolute Gasteiger partial charge is 0.263 e. The molecule has 1 heterocycles. The highest BCUT2D eigenvalue weighted by Gasteiger charge is 2.29. The van der Waals surface area contributed by atoms with Gasteiger partial charge >= 0.3 is 0 Å². The topological polar surface area (TPSA) is 82.5 Å². The standard InChI is InChI=1S/C10H16N2O3S/c1-3-10(5-13,6-14)12-9(15)8-4-11-7(2)16-8/h4,13-14H,3,5-6H2,1-2H3,(H,12,15). The van der Waals surface area contributed by atoms with E-state index in [0.29, 0.717) is 11.3 Å². The van der Waals surface area contributed by atoms with E-state index in [9.17, 15) is 15.0 Å². The van der Waals surface area contributed by atoms with Crippen LogP contribution in [0.5, 0.6) is 0 Å². The quantitative estimate of drug-likeness (QED) is 0.696. The second kappa shape index (κ2) is 5.38. The highest BCUT2D eigenvalue weighted by Crippen LogP contribution is 2.14. The van der Waals surface area contributed by atoms with Crippen LogP contribution in [0.1, 0.15) is 28.0 Å². The molecule has 0 saturated heterocycles. The molecular weight excluding hydrogens is 228 g/mol. The van der Waals surface area contributed by atoms with Gasteiger partial charge in [-0.25, -0.2) is 4.98 Å². The average molecular weight is 244 g/mol. The van der Waals surface area contributed by atoms with Crippen molar-refractivity contribution in [2.45, 2.75) is 25.8 Å². The maximum atomic E-state index is 11.8. The lowest BCUT2D eigenvalue weighted by atomic mass is 9.98. The van der Waals surface area contributed by atoms with E-state index in [-0.39, 0.29) is 19.1 Å². The lowest BCUT2D eigenvalue weighted by molar-refractivity contribution is 0.0656. The number of thiazole rings is 1. The molecule has 90 valence electrons. The van der Waals surface area contributed by atoms with Crippen molar-refractivity contribution in [3.05, 3.63) is 16.1 Å². The SMILES string of the molecule is CCC(CO)(CO)NC(=O)c1cnc(C)s1. The number of amides is 1. The van der Waals surface area contributed by atoms with Gasteiger partial charge in [-0.1, -0.05) is 6.92 Å². The van der Waals surface area contributed by atoms with E-state index in [1.54, 1.807) is 6.92 Å². The van der Waals surface area contributed by atoms with Crippen LogP contribution in [0, 0.1) is 6.92 Å². The number of aliphatic hydroxyl groups excluding tert-OH is 2. The maximum Gasteiger partial charge on any atom is 0.263 e. The van der Waals surface area contributed by atoms with E-state index in [4.69, 9.17) is 0 Å². The molecule has 1 amide bonds. The summed E-state index contributed by atoms with van der Waals surface area (Å²) in [7, 11) is 0. The van der Waals surface area contributed by atoms with Gasteiger partial charge in [-0.2, -0.15) is 0 Å². The van der Waals surface area contributed by atoms with Crippen LogP contribution in [0.4, 0.5) is 0 Å². The van der Waals surface area contributed by atoms with Gasteiger partial charge in [-0.3, -0.25) is 4.79 Å². The molecule has 0 unspecified atom stereocenters. The first-order valence-corrected chi connectivity index (χ1v) is 5.85. The van der Waals surface area contributed by atoms with Gasteiger partial charge in [0.15, 0.2) is 0 Å². The minimum Gasteiger partial charge on any atom is -0.394 e. The minimum atomic E-state index is -0.949. The summed E-state index contributed by atoms with van der Waals surface area (Å²) in [5.41, 5.74) is -0.949. The maximum absolute atomic E-state index is 11.8. The zero-order valence-electron chi connectivity index (χ0n) is 9.36. The van der Waals surface area contributed by atoms with Gasteiger partial charge in [0.2, 0.25) is 0 Å². The number of nitrogens with zero attached hydrogens (tertiary/aromatic N) is 1. The molecule has 16 heavy (non-hydrogen) atoms. The molecule has 0 aliphatic heterocycles. The number of nitrogens with one attached hydrogen (secondary N) is 1. The molecule has 0 radical (unpaired) electrons. The highest BCUT2D eigenvalue weighted by atomic mass is 32.1. The number of rotatable bonds is 5. The highest BCUT2D eigenvalue weighted by molar-refractivity contribution is 7.13. The molecule has 5 nitrogen and oxygen atoms in total. The third-order valence-corrected chi connectivity index (χ3v) is 3.42. The van der Waals surface area contributed by atoms with Gasteiger partial charge in [-0.15, -0.1) is 11.3 Å². The molecule has 1 rings (SSSR count). The van der Waals surface area contributed by atoms with E-state index in [2.05, 4.69) is 10.3 Å². The zero-order valence-corrected chi connectivity index (χ0v) is 10.2. The van der Waals surface area contributed by atoms with Crippen LogP contribution in [0.3, 0.4) is 0 Å². The van der Waals surface area contributed by atoms with Gasteiger partial charge < -0.3 is 15.5 Å². The fourth-order valence-electron chi connectivity index (χ4n) is 1.21. The van der Waals surface area contributed by atoms with Gasteiger partial charge in [-0.05, 0) is 13.3 Å². The summed E-state index contributed by atoms with van der Waals surface area (Å²) in [5, 5.41) is 21.8. The molecule has 0 aliphatic rings. The molecule has 1 aromatic rings. The van der Waals surface area contributed by atoms with E-state index >= 15 is 0 Å². The molecule has 0 saturated carbocycles. The zero-order chi connectivity index (χ0) is 12.2. The average Bonchev–Trinajstić information content (AvgIpc) is 2.73. The number of aryl methyl sites for hydroxylation is 1. The summed E-state index contributed by atoms with van der Waals surface area (Å²) >= 11 is 1.28. The van der Waals surface area contributed by atoms with Crippen molar-refractivity contribution in [1.29, 1.82) is 0 Å². The Labute approximate surface area is 98.1 Å². The Morgan fingerprint density at radius 2 is 2.19 bits per heavy atom. The molecule has 0 aliphatic carbocycles. The van der Waals surface area contributed by atoms with Crippen molar-refractivity contribution >= 4 is 17.2 Å². The Bertz CT molecular complexity index is 352. The van der Waals surface area contributed by atoms with Crippen molar-refractivity contribution in [2.75, 3.05) is 13.2 Å². The van der Waals surface area contributed by atoms with E-state index in [0.717, 1.165) is 5.01 Å². The molecule has 3 N–H and O–H groups in total. The first-order valence-electron chi connectivity index (χ1n) is 5.03. The summed E-state index contributed by atoms with van der Waals surface area (Å²) in [6, 6.07) is 0. The van der Waals surface area contributed by atoms with E-state index < -0.39 is 5.54 Å². The van der Waals surface area contributed by atoms with Gasteiger partial charge in [0.25, 0.3) is 5.91 Å². The number of aliphatic hydroxyl groups is 2. The second-order valence-electron chi connectivity index (χ2n) is 3.65. The van der Waals surface area contributed by atoms with Gasteiger partial charge in [0.1, 0.15) is 4.88 Å². The predicted octanol–water partition coefficient (Wildman–Crippen LogP) is 0.315. The predicted molar refractivity (Wildman–Crippen MR) is 61.5 cm³/mol. The molecule has 1 aromatic heterocycles. The first kappa shape index (κ1) is 13.1. The fourth-order valence-corrected chi connectivity index (χ4v) is 1.88. The summed E-state index contributed by atoms with van der Waals surface area (Å²) < 4.78 is 0. The lowest BCUT2D eigenvalue weighted by Crippen LogP contribution is -2.53. The van der Waals surface area contributed by atoms with Crippen LogP contribution in [-0.4, -0.2) is 39.9 Å². The van der Waals surface area contributed by atoms with Gasteiger partial charge in [0, 0.05) is 0 Å². The molecule has 0 spiro atoms. The lowest BCUT2D eigenvalue weighted by Gasteiger charge is -2.29. The van der Waals surface area contributed by atoms with Crippen molar-refractivity contribution in [3.63, 3.8) is 0 Å². The first-order chi connectivity index (χ1) is 7.56. The van der Waals surface area contributed by atoms with Crippen molar-refractivity contribution in [3.8, 4) is 0 Å². The molecule has 0 bridgehead atoms. The number of hydrogen-bond donors (Lipinski definition) is 3. The number of aromatic nitrogens is 1. The van der Waals surface area contributed by atoms with Crippen LogP contribution in [-0.2, 0) is 0 Å². The second-order valence-corrected chi connectivity index (χ2v) is 4.88. The van der Waals surface area contributed by atoms with Crippen molar-refractivity contribution < 1.29 is 15.0 Å². The Morgan fingerprint density at radius 1 is 1.56 bits per heavy atom. The van der Waals surface area contributed by atoms with Crippen molar-refractivity contribution in [2.24, 2.45) is 0 Å². The Balaban J connectivity index is 2.76. The Kier molecular flexibility index (Phi) is 4.40. The Morgan fingerprint density at radius 3 is 2.56 bits per heavy atom. The molecule has 6 heteroatoms. The van der Waals surface area contributed by atoms with E-state index in [1.807, 2.05) is 6.92 Å². The fraction of sp³-hybridized carbons (Fsp3) is 0.600. The Hall–Kier alpha value is -0.980. The largest absolute Gasteiger partial charge is 0.394 e. The molecule has 0 fully saturated rings. The van der Waals surface area contributed by atoms with Crippen LogP contribution < -0.4 is 5.32 Å². The summed E-state index contributed by atoms with van der Waals surface area (Å²) in [6.45, 7) is 3.03.